The van der Waals surface area contributed by atoms with Crippen LogP contribution in [0.2, 0.25) is 0 Å². The van der Waals surface area contributed by atoms with Crippen molar-refractivity contribution in [2.45, 2.75) is 39.7 Å². The quantitative estimate of drug-likeness (QED) is 0.632. The number of aryl methyl sites for hydroxylation is 1. The highest BCUT2D eigenvalue weighted by Gasteiger charge is 2.22. The number of rotatable bonds is 6. The summed E-state index contributed by atoms with van der Waals surface area (Å²) in [5.74, 6) is 0.824. The molecule has 1 aromatic carbocycles. The Morgan fingerprint density at radius 3 is 2.50 bits per heavy atom. The van der Waals surface area contributed by atoms with E-state index in [4.69, 9.17) is 0 Å². The molecule has 2 N–H and O–H groups in total. The Morgan fingerprint density at radius 1 is 1.08 bits per heavy atom. The van der Waals surface area contributed by atoms with E-state index in [9.17, 15) is 0 Å². The molecular formula is C20H28N4. The first-order valence-corrected chi connectivity index (χ1v) is 8.51. The van der Waals surface area contributed by atoms with Crippen molar-refractivity contribution in [3.8, 4) is 0 Å². The molecule has 0 atom stereocenters. The lowest BCUT2D eigenvalue weighted by atomic mass is 9.82. The molecule has 24 heavy (non-hydrogen) atoms. The second-order valence-corrected chi connectivity index (χ2v) is 6.57. The molecule has 1 aromatic heterocycles. The van der Waals surface area contributed by atoms with Gasteiger partial charge in [0.1, 0.15) is 0 Å². The predicted octanol–water partition coefficient (Wildman–Crippen LogP) is 3.42. The molecule has 0 unspecified atom stereocenters. The van der Waals surface area contributed by atoms with E-state index in [1.165, 1.54) is 11.1 Å². The molecule has 0 radical (unpaired) electrons. The SMILES string of the molecule is CCNC(=NCc1ccccn1)NCC(C)(C)c1ccccc1C. The summed E-state index contributed by atoms with van der Waals surface area (Å²) >= 11 is 0. The second kappa shape index (κ2) is 8.48. The third-order valence-corrected chi connectivity index (χ3v) is 4.04. The summed E-state index contributed by atoms with van der Waals surface area (Å²) in [4.78, 5) is 8.95. The maximum Gasteiger partial charge on any atom is 0.191 e. The molecule has 0 saturated carbocycles. The van der Waals surface area contributed by atoms with Gasteiger partial charge in [-0.25, -0.2) is 4.99 Å². The minimum absolute atomic E-state index is 0.0204. The number of aromatic nitrogens is 1. The Balaban J connectivity index is 2.04. The maximum absolute atomic E-state index is 4.63. The van der Waals surface area contributed by atoms with Crippen LogP contribution in [0, 0.1) is 6.92 Å². The zero-order chi connectivity index (χ0) is 17.4. The fraction of sp³-hybridized carbons (Fsp3) is 0.400. The van der Waals surface area contributed by atoms with Gasteiger partial charge >= 0.3 is 0 Å². The van der Waals surface area contributed by atoms with Crippen LogP contribution < -0.4 is 10.6 Å². The van der Waals surface area contributed by atoms with Crippen molar-refractivity contribution < 1.29 is 0 Å². The van der Waals surface area contributed by atoms with Gasteiger partial charge in [-0.3, -0.25) is 4.98 Å². The second-order valence-electron chi connectivity index (χ2n) is 6.57. The van der Waals surface area contributed by atoms with E-state index in [1.807, 2.05) is 18.2 Å². The summed E-state index contributed by atoms with van der Waals surface area (Å²) in [7, 11) is 0. The summed E-state index contributed by atoms with van der Waals surface area (Å²) in [5, 5.41) is 6.77. The van der Waals surface area contributed by atoms with Crippen molar-refractivity contribution in [2.75, 3.05) is 13.1 Å². The largest absolute Gasteiger partial charge is 0.357 e. The molecule has 128 valence electrons. The van der Waals surface area contributed by atoms with E-state index in [2.05, 4.69) is 72.6 Å². The van der Waals surface area contributed by atoms with E-state index in [0.717, 1.165) is 24.7 Å². The monoisotopic (exact) mass is 324 g/mol. The van der Waals surface area contributed by atoms with Crippen molar-refractivity contribution in [1.29, 1.82) is 0 Å². The number of hydrogen-bond donors (Lipinski definition) is 2. The first kappa shape index (κ1) is 18.0. The molecule has 2 rings (SSSR count). The van der Waals surface area contributed by atoms with E-state index in [1.54, 1.807) is 6.20 Å². The van der Waals surface area contributed by atoms with E-state index in [0.29, 0.717) is 6.54 Å². The predicted molar refractivity (Wildman–Crippen MR) is 101 cm³/mol. The molecule has 0 aliphatic heterocycles. The lowest BCUT2D eigenvalue weighted by molar-refractivity contribution is 0.506. The highest BCUT2D eigenvalue weighted by Crippen LogP contribution is 2.25. The van der Waals surface area contributed by atoms with Crippen molar-refractivity contribution in [3.05, 3.63) is 65.5 Å². The van der Waals surface area contributed by atoms with Gasteiger partial charge in [0.05, 0.1) is 12.2 Å². The van der Waals surface area contributed by atoms with Crippen LogP contribution in [0.15, 0.2) is 53.7 Å². The average molecular weight is 324 g/mol. The van der Waals surface area contributed by atoms with Gasteiger partial charge in [0.2, 0.25) is 0 Å². The molecule has 4 heteroatoms. The molecule has 0 aliphatic rings. The van der Waals surface area contributed by atoms with Crippen molar-refractivity contribution in [2.24, 2.45) is 4.99 Å². The highest BCUT2D eigenvalue weighted by atomic mass is 15.2. The summed E-state index contributed by atoms with van der Waals surface area (Å²) in [5.41, 5.74) is 3.66. The highest BCUT2D eigenvalue weighted by molar-refractivity contribution is 5.79. The van der Waals surface area contributed by atoms with Gasteiger partial charge in [-0.15, -0.1) is 0 Å². The number of aliphatic imine (C=N–C) groups is 1. The molecule has 0 spiro atoms. The van der Waals surface area contributed by atoms with Gasteiger partial charge in [0.15, 0.2) is 5.96 Å². The van der Waals surface area contributed by atoms with Gasteiger partial charge in [0.25, 0.3) is 0 Å². The molecule has 0 bridgehead atoms. The van der Waals surface area contributed by atoms with Gasteiger partial charge in [-0.2, -0.15) is 0 Å². The van der Waals surface area contributed by atoms with E-state index < -0.39 is 0 Å². The van der Waals surface area contributed by atoms with Gasteiger partial charge in [-0.05, 0) is 37.1 Å². The molecule has 0 aliphatic carbocycles. The smallest absolute Gasteiger partial charge is 0.191 e. The maximum atomic E-state index is 4.63. The topological polar surface area (TPSA) is 49.3 Å². The van der Waals surface area contributed by atoms with Crippen LogP contribution >= 0.6 is 0 Å². The number of guanidine groups is 1. The van der Waals surface area contributed by atoms with Crippen LogP contribution in [-0.4, -0.2) is 24.0 Å². The molecule has 0 fully saturated rings. The molecule has 4 nitrogen and oxygen atoms in total. The molecule has 0 amide bonds. The average Bonchev–Trinajstić information content (AvgIpc) is 2.58. The van der Waals surface area contributed by atoms with Crippen LogP contribution in [0.1, 0.15) is 37.6 Å². The van der Waals surface area contributed by atoms with Crippen LogP contribution in [0.5, 0.6) is 0 Å². The summed E-state index contributed by atoms with van der Waals surface area (Å²) in [6, 6.07) is 14.4. The van der Waals surface area contributed by atoms with Gasteiger partial charge < -0.3 is 10.6 Å². The van der Waals surface area contributed by atoms with Crippen LogP contribution in [0.3, 0.4) is 0 Å². The lowest BCUT2D eigenvalue weighted by Crippen LogP contribution is -2.43. The first-order valence-electron chi connectivity index (χ1n) is 8.51. The first-order chi connectivity index (χ1) is 11.5. The van der Waals surface area contributed by atoms with Crippen molar-refractivity contribution in [1.82, 2.24) is 15.6 Å². The van der Waals surface area contributed by atoms with Crippen molar-refractivity contribution in [3.63, 3.8) is 0 Å². The third kappa shape index (κ3) is 5.08. The Labute approximate surface area is 145 Å². The molecule has 1 heterocycles. The fourth-order valence-electron chi connectivity index (χ4n) is 2.73. The number of pyridine rings is 1. The molecule has 0 saturated heterocycles. The van der Waals surface area contributed by atoms with Gasteiger partial charge in [-0.1, -0.05) is 44.2 Å². The minimum Gasteiger partial charge on any atom is -0.357 e. The lowest BCUT2D eigenvalue weighted by Gasteiger charge is -2.28. The van der Waals surface area contributed by atoms with E-state index in [-0.39, 0.29) is 5.41 Å². The summed E-state index contributed by atoms with van der Waals surface area (Å²) in [6.45, 7) is 11.0. The number of hydrogen-bond acceptors (Lipinski definition) is 2. The van der Waals surface area contributed by atoms with Crippen LogP contribution in [0.4, 0.5) is 0 Å². The standard InChI is InChI=1S/C20H28N4/c1-5-21-19(23-14-17-11-8-9-13-22-17)24-15-20(3,4)18-12-7-6-10-16(18)2/h6-13H,5,14-15H2,1-4H3,(H2,21,23,24). The minimum atomic E-state index is 0.0204. The van der Waals surface area contributed by atoms with Gasteiger partial charge in [0, 0.05) is 24.7 Å². The van der Waals surface area contributed by atoms with Crippen LogP contribution in [-0.2, 0) is 12.0 Å². The van der Waals surface area contributed by atoms with E-state index >= 15 is 0 Å². The molecular weight excluding hydrogens is 296 g/mol. The summed E-state index contributed by atoms with van der Waals surface area (Å²) < 4.78 is 0. The number of nitrogens with zero attached hydrogens (tertiary/aromatic N) is 2. The third-order valence-electron chi connectivity index (χ3n) is 4.04. The Hall–Kier alpha value is -2.36. The fourth-order valence-corrected chi connectivity index (χ4v) is 2.73. The zero-order valence-electron chi connectivity index (χ0n) is 15.1. The Kier molecular flexibility index (Phi) is 6.36. The normalized spacial score (nSPS) is 12.1. The Bertz CT molecular complexity index is 662. The number of benzene rings is 1. The Morgan fingerprint density at radius 2 is 1.83 bits per heavy atom. The van der Waals surface area contributed by atoms with Crippen LogP contribution in [0.25, 0.3) is 0 Å². The molecule has 2 aromatic rings. The summed E-state index contributed by atoms with van der Waals surface area (Å²) in [6.07, 6.45) is 1.80. The van der Waals surface area contributed by atoms with Crippen molar-refractivity contribution >= 4 is 5.96 Å². The number of nitrogens with one attached hydrogen (secondary N) is 2. The zero-order valence-corrected chi connectivity index (χ0v) is 15.1.